The molecule has 1 aromatic rings. The van der Waals surface area contributed by atoms with E-state index in [0.29, 0.717) is 6.54 Å². The van der Waals surface area contributed by atoms with Crippen LogP contribution in [0.5, 0.6) is 0 Å². The fourth-order valence-electron chi connectivity index (χ4n) is 1.59. The second-order valence-electron chi connectivity index (χ2n) is 3.90. The summed E-state index contributed by atoms with van der Waals surface area (Å²) in [5.41, 5.74) is 1.92. The van der Waals surface area contributed by atoms with E-state index in [1.807, 2.05) is 25.9 Å². The number of nitrogens with one attached hydrogen (secondary N) is 1. The first kappa shape index (κ1) is 12.5. The van der Waals surface area contributed by atoms with Crippen LogP contribution in [-0.4, -0.2) is 20.6 Å². The summed E-state index contributed by atoms with van der Waals surface area (Å²) in [6.07, 6.45) is 5.19. The maximum Gasteiger partial charge on any atom is 0.125 e. The van der Waals surface area contributed by atoms with Gasteiger partial charge in [0, 0.05) is 25.8 Å². The number of halogens is 1. The van der Waals surface area contributed by atoms with Crippen molar-refractivity contribution in [2.45, 2.75) is 13.0 Å². The number of hydrogen-bond donors (Lipinski definition) is 1. The highest BCUT2D eigenvalue weighted by Gasteiger charge is 2.11. The summed E-state index contributed by atoms with van der Waals surface area (Å²) in [4.78, 5) is 1.90. The third kappa shape index (κ3) is 2.98. The van der Waals surface area contributed by atoms with Gasteiger partial charge in [0.25, 0.3) is 0 Å². The van der Waals surface area contributed by atoms with Crippen molar-refractivity contribution in [2.75, 3.05) is 25.5 Å². The van der Waals surface area contributed by atoms with Gasteiger partial charge >= 0.3 is 0 Å². The Balaban J connectivity index is 2.98. The van der Waals surface area contributed by atoms with Crippen LogP contribution in [0, 0.1) is 18.2 Å². The quantitative estimate of drug-likeness (QED) is 0.782. The largest absolute Gasteiger partial charge is 0.377 e. The molecule has 0 fully saturated rings. The lowest BCUT2D eigenvalue weighted by Crippen LogP contribution is -2.22. The molecule has 1 N–H and O–H groups in total. The van der Waals surface area contributed by atoms with Crippen molar-refractivity contribution in [2.24, 2.45) is 0 Å². The van der Waals surface area contributed by atoms with Gasteiger partial charge in [-0.15, -0.1) is 6.42 Å². The predicted molar refractivity (Wildman–Crippen MR) is 66.0 cm³/mol. The smallest absolute Gasteiger partial charge is 0.125 e. The zero-order chi connectivity index (χ0) is 12.1. The van der Waals surface area contributed by atoms with Crippen LogP contribution >= 0.6 is 0 Å². The van der Waals surface area contributed by atoms with Gasteiger partial charge in [-0.1, -0.05) is 12.0 Å². The highest BCUT2D eigenvalue weighted by atomic mass is 19.1. The van der Waals surface area contributed by atoms with Crippen molar-refractivity contribution in [3.63, 3.8) is 0 Å². The van der Waals surface area contributed by atoms with E-state index in [0.717, 1.165) is 11.3 Å². The second kappa shape index (κ2) is 5.53. The molecular weight excluding hydrogens is 203 g/mol. The van der Waals surface area contributed by atoms with Crippen molar-refractivity contribution in [3.05, 3.63) is 29.6 Å². The predicted octanol–water partition coefficient (Wildman–Crippen LogP) is 2.18. The van der Waals surface area contributed by atoms with Crippen LogP contribution in [0.4, 0.5) is 10.1 Å². The molecule has 0 aliphatic heterocycles. The van der Waals surface area contributed by atoms with E-state index in [4.69, 9.17) is 6.42 Å². The Morgan fingerprint density at radius 3 is 2.75 bits per heavy atom. The molecule has 0 saturated carbocycles. The SMILES string of the molecule is C#CCNC(C)c1ccc(F)cc1N(C)C. The molecule has 1 rings (SSSR count). The van der Waals surface area contributed by atoms with E-state index in [1.54, 1.807) is 6.07 Å². The van der Waals surface area contributed by atoms with E-state index in [2.05, 4.69) is 11.2 Å². The standard InChI is InChI=1S/C13H17FN2/c1-5-8-15-10(2)12-7-6-11(14)9-13(12)16(3)4/h1,6-7,9-10,15H,8H2,2-4H3. The number of benzene rings is 1. The molecular formula is C13H17FN2. The fourth-order valence-corrected chi connectivity index (χ4v) is 1.59. The van der Waals surface area contributed by atoms with Crippen LogP contribution in [0.15, 0.2) is 18.2 Å². The monoisotopic (exact) mass is 220 g/mol. The molecule has 0 aliphatic carbocycles. The van der Waals surface area contributed by atoms with Crippen LogP contribution in [0.25, 0.3) is 0 Å². The van der Waals surface area contributed by atoms with Crippen molar-refractivity contribution in [1.82, 2.24) is 5.32 Å². The maximum absolute atomic E-state index is 13.1. The molecule has 0 aromatic heterocycles. The first-order valence-electron chi connectivity index (χ1n) is 5.20. The Morgan fingerprint density at radius 1 is 1.50 bits per heavy atom. The van der Waals surface area contributed by atoms with E-state index in [1.165, 1.54) is 12.1 Å². The van der Waals surface area contributed by atoms with Crippen molar-refractivity contribution in [3.8, 4) is 12.3 Å². The molecule has 0 amide bonds. The molecule has 0 heterocycles. The maximum atomic E-state index is 13.1. The average Bonchev–Trinajstić information content (AvgIpc) is 2.25. The molecule has 16 heavy (non-hydrogen) atoms. The molecule has 1 unspecified atom stereocenters. The van der Waals surface area contributed by atoms with Crippen LogP contribution in [0.1, 0.15) is 18.5 Å². The number of anilines is 1. The minimum atomic E-state index is -0.225. The van der Waals surface area contributed by atoms with Gasteiger partial charge in [0.2, 0.25) is 0 Å². The van der Waals surface area contributed by atoms with Gasteiger partial charge in [-0.3, -0.25) is 5.32 Å². The molecule has 0 aliphatic rings. The lowest BCUT2D eigenvalue weighted by atomic mass is 10.1. The van der Waals surface area contributed by atoms with Crippen LogP contribution < -0.4 is 10.2 Å². The summed E-state index contributed by atoms with van der Waals surface area (Å²) >= 11 is 0. The van der Waals surface area contributed by atoms with Crippen LogP contribution in [0.2, 0.25) is 0 Å². The fraction of sp³-hybridized carbons (Fsp3) is 0.385. The number of hydrogen-bond acceptors (Lipinski definition) is 2. The average molecular weight is 220 g/mol. The van der Waals surface area contributed by atoms with Crippen LogP contribution in [-0.2, 0) is 0 Å². The molecule has 3 heteroatoms. The Morgan fingerprint density at radius 2 is 2.19 bits per heavy atom. The Kier molecular flexibility index (Phi) is 4.33. The van der Waals surface area contributed by atoms with Gasteiger partial charge in [-0.25, -0.2) is 4.39 Å². The summed E-state index contributed by atoms with van der Waals surface area (Å²) in [7, 11) is 3.79. The molecule has 1 aromatic carbocycles. The minimum absolute atomic E-state index is 0.106. The Bertz CT molecular complexity index is 393. The van der Waals surface area contributed by atoms with E-state index in [9.17, 15) is 4.39 Å². The topological polar surface area (TPSA) is 15.3 Å². The van der Waals surface area contributed by atoms with E-state index < -0.39 is 0 Å². The lowest BCUT2D eigenvalue weighted by molar-refractivity contribution is 0.608. The summed E-state index contributed by atoms with van der Waals surface area (Å²) in [5, 5.41) is 3.18. The highest BCUT2D eigenvalue weighted by Crippen LogP contribution is 2.25. The van der Waals surface area contributed by atoms with E-state index in [-0.39, 0.29) is 11.9 Å². The Labute approximate surface area is 96.5 Å². The van der Waals surface area contributed by atoms with Gasteiger partial charge in [0.05, 0.1) is 6.54 Å². The van der Waals surface area contributed by atoms with Gasteiger partial charge in [-0.05, 0) is 24.6 Å². The molecule has 1 atom stereocenters. The summed E-state index contributed by atoms with van der Waals surface area (Å²) in [6.45, 7) is 2.52. The number of terminal acetylenes is 1. The first-order chi connectivity index (χ1) is 7.56. The third-order valence-electron chi connectivity index (χ3n) is 2.45. The lowest BCUT2D eigenvalue weighted by Gasteiger charge is -2.22. The zero-order valence-electron chi connectivity index (χ0n) is 9.92. The Hall–Kier alpha value is -1.53. The van der Waals surface area contributed by atoms with Crippen molar-refractivity contribution in [1.29, 1.82) is 0 Å². The first-order valence-corrected chi connectivity index (χ1v) is 5.20. The molecule has 0 spiro atoms. The second-order valence-corrected chi connectivity index (χ2v) is 3.90. The highest BCUT2D eigenvalue weighted by molar-refractivity contribution is 5.54. The summed E-state index contributed by atoms with van der Waals surface area (Å²) in [6, 6.07) is 4.90. The van der Waals surface area contributed by atoms with Crippen LogP contribution in [0.3, 0.4) is 0 Å². The molecule has 2 nitrogen and oxygen atoms in total. The number of nitrogens with zero attached hydrogens (tertiary/aromatic N) is 1. The minimum Gasteiger partial charge on any atom is -0.377 e. The van der Waals surface area contributed by atoms with Gasteiger partial charge in [-0.2, -0.15) is 0 Å². The third-order valence-corrected chi connectivity index (χ3v) is 2.45. The van der Waals surface area contributed by atoms with E-state index >= 15 is 0 Å². The summed E-state index contributed by atoms with van der Waals surface area (Å²) in [5.74, 6) is 2.30. The molecule has 86 valence electrons. The van der Waals surface area contributed by atoms with Gasteiger partial charge in [0.15, 0.2) is 0 Å². The molecule has 0 radical (unpaired) electrons. The van der Waals surface area contributed by atoms with Crippen molar-refractivity contribution >= 4 is 5.69 Å². The molecule has 0 saturated heterocycles. The van der Waals surface area contributed by atoms with Gasteiger partial charge in [0.1, 0.15) is 5.82 Å². The number of rotatable bonds is 4. The van der Waals surface area contributed by atoms with Gasteiger partial charge < -0.3 is 4.90 Å². The normalized spacial score (nSPS) is 11.9. The zero-order valence-corrected chi connectivity index (χ0v) is 9.92. The van der Waals surface area contributed by atoms with Crippen molar-refractivity contribution < 1.29 is 4.39 Å². The summed E-state index contributed by atoms with van der Waals surface area (Å²) < 4.78 is 13.1. The molecule has 0 bridgehead atoms.